The lowest BCUT2D eigenvalue weighted by Crippen LogP contribution is -2.16. The quantitative estimate of drug-likeness (QED) is 0.239. The molecule has 4 heterocycles. The third kappa shape index (κ3) is 4.41. The number of hydrogen-bond donors (Lipinski definition) is 2. The second-order valence-corrected chi connectivity index (χ2v) is 11.9. The first-order valence-electron chi connectivity index (χ1n) is 10.5. The van der Waals surface area contributed by atoms with E-state index in [1.165, 1.54) is 59.7 Å². The van der Waals surface area contributed by atoms with Crippen molar-refractivity contribution in [1.82, 2.24) is 10.6 Å². The van der Waals surface area contributed by atoms with Crippen LogP contribution in [0.5, 0.6) is 0 Å². The molecule has 2 aromatic heterocycles. The van der Waals surface area contributed by atoms with E-state index in [2.05, 4.69) is 78.9 Å². The maximum absolute atomic E-state index is 3.55. The highest BCUT2D eigenvalue weighted by atomic mass is 79.9. The number of benzene rings is 2. The molecule has 30 heavy (non-hydrogen) atoms. The Morgan fingerprint density at radius 2 is 1.30 bits per heavy atom. The van der Waals surface area contributed by atoms with Crippen LogP contribution in [0.3, 0.4) is 0 Å². The van der Waals surface area contributed by atoms with Gasteiger partial charge in [-0.2, -0.15) is 0 Å². The van der Waals surface area contributed by atoms with Crippen LogP contribution < -0.4 is 10.6 Å². The summed E-state index contributed by atoms with van der Waals surface area (Å²) in [6.07, 6.45) is 4.84. The topological polar surface area (TPSA) is 24.1 Å². The van der Waals surface area contributed by atoms with Crippen LogP contribution in [-0.4, -0.2) is 19.6 Å². The lowest BCUT2D eigenvalue weighted by molar-refractivity contribution is 0.684. The van der Waals surface area contributed by atoms with E-state index in [-0.39, 0.29) is 0 Å². The van der Waals surface area contributed by atoms with Crippen LogP contribution >= 0.6 is 54.5 Å². The van der Waals surface area contributed by atoms with Gasteiger partial charge >= 0.3 is 0 Å². The molecular weight excluding hydrogens is 540 g/mol. The van der Waals surface area contributed by atoms with Gasteiger partial charge < -0.3 is 10.6 Å². The van der Waals surface area contributed by atoms with Crippen molar-refractivity contribution in [3.8, 4) is 0 Å². The Morgan fingerprint density at radius 3 is 2.03 bits per heavy atom. The first-order chi connectivity index (χ1) is 14.7. The number of aryl methyl sites for hydroxylation is 1. The zero-order valence-electron chi connectivity index (χ0n) is 16.7. The van der Waals surface area contributed by atoms with Crippen molar-refractivity contribution in [3.63, 3.8) is 0 Å². The number of thiophene rings is 2. The highest BCUT2D eigenvalue weighted by molar-refractivity contribution is 9.10. The molecule has 0 atom stereocenters. The van der Waals surface area contributed by atoms with E-state index < -0.39 is 0 Å². The molecule has 2 aliphatic rings. The summed E-state index contributed by atoms with van der Waals surface area (Å²) in [5, 5.41) is 9.84. The molecule has 0 spiro atoms. The Morgan fingerprint density at radius 1 is 0.667 bits per heavy atom. The first kappa shape index (κ1) is 21.1. The van der Waals surface area contributed by atoms with E-state index in [0.717, 1.165) is 26.2 Å². The molecule has 6 heteroatoms. The van der Waals surface area contributed by atoms with Crippen LogP contribution in [0, 0.1) is 0 Å². The molecule has 2 N–H and O–H groups in total. The van der Waals surface area contributed by atoms with Crippen LogP contribution in [0.25, 0.3) is 20.2 Å². The minimum Gasteiger partial charge on any atom is -0.316 e. The monoisotopic (exact) mass is 562 g/mol. The molecule has 2 aliphatic heterocycles. The van der Waals surface area contributed by atoms with Crippen LogP contribution in [0.15, 0.2) is 45.3 Å². The van der Waals surface area contributed by atoms with Gasteiger partial charge in [0.15, 0.2) is 0 Å². The highest BCUT2D eigenvalue weighted by Gasteiger charge is 2.15. The van der Waals surface area contributed by atoms with E-state index in [1.807, 2.05) is 22.7 Å². The van der Waals surface area contributed by atoms with Gasteiger partial charge in [-0.3, -0.25) is 0 Å². The van der Waals surface area contributed by atoms with E-state index in [0.29, 0.717) is 0 Å². The minimum absolute atomic E-state index is 1.05. The van der Waals surface area contributed by atoms with Gasteiger partial charge in [0.25, 0.3) is 0 Å². The second kappa shape index (κ2) is 9.39. The van der Waals surface area contributed by atoms with E-state index in [1.54, 1.807) is 16.0 Å². The Balaban J connectivity index is 0.000000128. The molecule has 0 amide bonds. The SMILES string of the molecule is Brc1ccc2sc3c(c2c1)CCCNC3.Brc1ccc2sc3c(c2c1)CCNCC3. The molecule has 0 unspecified atom stereocenters. The van der Waals surface area contributed by atoms with Crippen molar-refractivity contribution in [3.05, 3.63) is 66.2 Å². The number of hydrogen-bond acceptors (Lipinski definition) is 4. The third-order valence-corrected chi connectivity index (χ3v) is 9.29. The molecule has 4 aromatic rings. The fraction of sp³-hybridized carbons (Fsp3) is 0.333. The zero-order chi connectivity index (χ0) is 20.5. The third-order valence-electron chi connectivity index (χ3n) is 5.82. The normalized spacial score (nSPS) is 16.3. The van der Waals surface area contributed by atoms with Crippen LogP contribution in [0.4, 0.5) is 0 Å². The maximum Gasteiger partial charge on any atom is 0.0349 e. The van der Waals surface area contributed by atoms with E-state index in [4.69, 9.17) is 0 Å². The standard InChI is InChI=1S/2C12H12BrNS/c13-8-1-2-11-10(7-8)9-3-5-14-6-4-12(9)15-11;13-8-3-4-11-10(6-8)9-2-1-5-14-7-12(9)15-11/h1-2,7,14H,3-6H2;3-4,6,14H,1-2,5,7H2. The van der Waals surface area contributed by atoms with Gasteiger partial charge in [-0.1, -0.05) is 31.9 Å². The summed E-state index contributed by atoms with van der Waals surface area (Å²) < 4.78 is 5.23. The molecule has 0 saturated heterocycles. The Hall–Kier alpha value is -0.760. The van der Waals surface area contributed by atoms with Gasteiger partial charge in [0, 0.05) is 34.6 Å². The van der Waals surface area contributed by atoms with Crippen LogP contribution in [0.1, 0.15) is 27.3 Å². The average Bonchev–Trinajstić information content (AvgIpc) is 3.03. The van der Waals surface area contributed by atoms with Gasteiger partial charge in [-0.25, -0.2) is 0 Å². The van der Waals surface area contributed by atoms with Crippen molar-refractivity contribution in [2.75, 3.05) is 19.6 Å². The summed E-state index contributed by atoms with van der Waals surface area (Å²) in [5.74, 6) is 0. The van der Waals surface area contributed by atoms with Crippen molar-refractivity contribution < 1.29 is 0 Å². The smallest absolute Gasteiger partial charge is 0.0349 e. The molecule has 156 valence electrons. The van der Waals surface area contributed by atoms with Gasteiger partial charge in [0.05, 0.1) is 0 Å². The average molecular weight is 564 g/mol. The van der Waals surface area contributed by atoms with Crippen LogP contribution in [-0.2, 0) is 25.8 Å². The number of halogens is 2. The molecule has 6 rings (SSSR count). The minimum atomic E-state index is 1.05. The molecule has 2 nitrogen and oxygen atoms in total. The molecule has 0 fully saturated rings. The molecule has 0 saturated carbocycles. The second-order valence-electron chi connectivity index (χ2n) is 7.82. The van der Waals surface area contributed by atoms with Gasteiger partial charge in [0.2, 0.25) is 0 Å². The van der Waals surface area contributed by atoms with Crippen molar-refractivity contribution in [1.29, 1.82) is 0 Å². The fourth-order valence-electron chi connectivity index (χ4n) is 4.37. The highest BCUT2D eigenvalue weighted by Crippen LogP contribution is 2.35. The lowest BCUT2D eigenvalue weighted by Gasteiger charge is -1.98. The number of nitrogens with one attached hydrogen (secondary N) is 2. The fourth-order valence-corrected chi connectivity index (χ4v) is 7.53. The lowest BCUT2D eigenvalue weighted by atomic mass is 10.1. The summed E-state index contributed by atoms with van der Waals surface area (Å²) in [6, 6.07) is 13.2. The summed E-state index contributed by atoms with van der Waals surface area (Å²) in [4.78, 5) is 3.11. The molecule has 0 radical (unpaired) electrons. The van der Waals surface area contributed by atoms with Crippen molar-refractivity contribution in [2.45, 2.75) is 32.2 Å². The molecular formula is C24H24Br2N2S2. The van der Waals surface area contributed by atoms with Crippen molar-refractivity contribution in [2.24, 2.45) is 0 Å². The summed E-state index contributed by atoms with van der Waals surface area (Å²) in [6.45, 7) is 4.44. The summed E-state index contributed by atoms with van der Waals surface area (Å²) >= 11 is 11.0. The molecule has 0 aliphatic carbocycles. The Labute approximate surface area is 202 Å². The molecule has 0 bridgehead atoms. The Kier molecular flexibility index (Phi) is 6.61. The maximum atomic E-state index is 3.55. The summed E-state index contributed by atoms with van der Waals surface area (Å²) in [7, 11) is 0. The van der Waals surface area contributed by atoms with Crippen molar-refractivity contribution >= 4 is 74.7 Å². The van der Waals surface area contributed by atoms with E-state index >= 15 is 0 Å². The van der Waals surface area contributed by atoms with Gasteiger partial charge in [0.1, 0.15) is 0 Å². The molecule has 2 aromatic carbocycles. The van der Waals surface area contributed by atoms with Crippen LogP contribution in [0.2, 0.25) is 0 Å². The first-order valence-corrected chi connectivity index (χ1v) is 13.7. The Bertz CT molecular complexity index is 1100. The van der Waals surface area contributed by atoms with Gasteiger partial charge in [-0.05, 0) is 104 Å². The number of fused-ring (bicyclic) bond motifs is 6. The zero-order valence-corrected chi connectivity index (χ0v) is 21.5. The summed E-state index contributed by atoms with van der Waals surface area (Å²) in [5.41, 5.74) is 3.14. The van der Waals surface area contributed by atoms with Gasteiger partial charge in [-0.15, -0.1) is 22.7 Å². The predicted molar refractivity (Wildman–Crippen MR) is 139 cm³/mol. The largest absolute Gasteiger partial charge is 0.316 e. The predicted octanol–water partition coefficient (Wildman–Crippen LogP) is 7.05. The van der Waals surface area contributed by atoms with E-state index in [9.17, 15) is 0 Å². The number of rotatable bonds is 0.